The van der Waals surface area contributed by atoms with Crippen LogP contribution < -0.4 is 5.32 Å². The molecule has 9 heavy (non-hydrogen) atoms. The van der Waals surface area contributed by atoms with Crippen molar-refractivity contribution in [3.8, 4) is 0 Å². The lowest BCUT2D eigenvalue weighted by Gasteiger charge is -2.16. The van der Waals surface area contributed by atoms with Crippen molar-refractivity contribution in [1.29, 1.82) is 0 Å². The highest BCUT2D eigenvalue weighted by Gasteiger charge is 2.06. The van der Waals surface area contributed by atoms with Crippen molar-refractivity contribution < 1.29 is 5.11 Å². The van der Waals surface area contributed by atoms with E-state index in [1.807, 2.05) is 6.08 Å². The minimum Gasteiger partial charge on any atom is -0.388 e. The molecule has 0 saturated heterocycles. The Hall–Kier alpha value is -0.340. The van der Waals surface area contributed by atoms with E-state index >= 15 is 0 Å². The maximum Gasteiger partial charge on any atom is 0.0848 e. The standard InChI is InChI=1S/C7H13NO/c1-2-6-3-7(9)5-8-4-6/h3,7-9H,2,4-5H2,1H3. The average Bonchev–Trinajstić information content (AvgIpc) is 1.88. The minimum absolute atomic E-state index is 0.256. The van der Waals surface area contributed by atoms with Crippen LogP contribution in [0.3, 0.4) is 0 Å². The third-order valence-electron chi connectivity index (χ3n) is 1.59. The van der Waals surface area contributed by atoms with E-state index in [1.165, 1.54) is 5.57 Å². The van der Waals surface area contributed by atoms with Crippen LogP contribution >= 0.6 is 0 Å². The number of hydrogen-bond acceptors (Lipinski definition) is 2. The Bertz CT molecular complexity index is 120. The Morgan fingerprint density at radius 2 is 2.67 bits per heavy atom. The normalized spacial score (nSPS) is 27.8. The van der Waals surface area contributed by atoms with Crippen molar-refractivity contribution in [3.05, 3.63) is 11.6 Å². The molecule has 1 atom stereocenters. The smallest absolute Gasteiger partial charge is 0.0848 e. The predicted molar refractivity (Wildman–Crippen MR) is 37.3 cm³/mol. The van der Waals surface area contributed by atoms with Gasteiger partial charge >= 0.3 is 0 Å². The van der Waals surface area contributed by atoms with Crippen molar-refractivity contribution in [2.45, 2.75) is 19.4 Å². The number of hydrogen-bond donors (Lipinski definition) is 2. The van der Waals surface area contributed by atoms with Crippen LogP contribution in [0.2, 0.25) is 0 Å². The van der Waals surface area contributed by atoms with Crippen molar-refractivity contribution in [3.63, 3.8) is 0 Å². The van der Waals surface area contributed by atoms with Gasteiger partial charge in [-0.1, -0.05) is 18.6 Å². The summed E-state index contributed by atoms with van der Waals surface area (Å²) in [6, 6.07) is 0. The Balaban J connectivity index is 2.49. The fraction of sp³-hybridized carbons (Fsp3) is 0.714. The van der Waals surface area contributed by atoms with E-state index < -0.39 is 0 Å². The third kappa shape index (κ3) is 1.80. The topological polar surface area (TPSA) is 32.3 Å². The highest BCUT2D eigenvalue weighted by molar-refractivity contribution is 5.10. The summed E-state index contributed by atoms with van der Waals surface area (Å²) >= 11 is 0. The van der Waals surface area contributed by atoms with Crippen molar-refractivity contribution in [2.75, 3.05) is 13.1 Å². The van der Waals surface area contributed by atoms with E-state index in [0.717, 1.165) is 13.0 Å². The van der Waals surface area contributed by atoms with E-state index in [1.54, 1.807) is 0 Å². The minimum atomic E-state index is -0.256. The molecule has 0 aromatic heterocycles. The molecule has 2 N–H and O–H groups in total. The number of nitrogens with one attached hydrogen (secondary N) is 1. The van der Waals surface area contributed by atoms with E-state index in [4.69, 9.17) is 5.11 Å². The van der Waals surface area contributed by atoms with E-state index in [2.05, 4.69) is 12.2 Å². The van der Waals surface area contributed by atoms with E-state index in [0.29, 0.717) is 6.54 Å². The van der Waals surface area contributed by atoms with Gasteiger partial charge in [0.05, 0.1) is 6.10 Å². The maximum absolute atomic E-state index is 9.07. The third-order valence-corrected chi connectivity index (χ3v) is 1.59. The zero-order chi connectivity index (χ0) is 6.69. The lowest BCUT2D eigenvalue weighted by molar-refractivity contribution is 0.212. The second-order valence-electron chi connectivity index (χ2n) is 2.38. The molecule has 0 amide bonds. The second-order valence-corrected chi connectivity index (χ2v) is 2.38. The summed E-state index contributed by atoms with van der Waals surface area (Å²) in [4.78, 5) is 0. The monoisotopic (exact) mass is 127 g/mol. The molecule has 0 radical (unpaired) electrons. The molecule has 0 fully saturated rings. The maximum atomic E-state index is 9.07. The van der Waals surface area contributed by atoms with Gasteiger partial charge in [-0.15, -0.1) is 0 Å². The molecule has 1 unspecified atom stereocenters. The number of rotatable bonds is 1. The van der Waals surface area contributed by atoms with E-state index in [-0.39, 0.29) is 6.10 Å². The number of β-amino-alcohol motifs (C(OH)–C–C–N with tert-alkyl or cyclic N) is 1. The van der Waals surface area contributed by atoms with Gasteiger partial charge in [0.2, 0.25) is 0 Å². The summed E-state index contributed by atoms with van der Waals surface area (Å²) in [5, 5.41) is 12.2. The van der Waals surface area contributed by atoms with Crippen molar-refractivity contribution >= 4 is 0 Å². The first-order valence-corrected chi connectivity index (χ1v) is 3.41. The zero-order valence-electron chi connectivity index (χ0n) is 5.72. The van der Waals surface area contributed by atoms with Crippen LogP contribution in [0.15, 0.2) is 11.6 Å². The highest BCUT2D eigenvalue weighted by Crippen LogP contribution is 2.04. The Kier molecular flexibility index (Phi) is 2.25. The van der Waals surface area contributed by atoms with Crippen LogP contribution in [0.4, 0.5) is 0 Å². The van der Waals surface area contributed by atoms with Gasteiger partial charge in [0.15, 0.2) is 0 Å². The first-order valence-electron chi connectivity index (χ1n) is 3.41. The second kappa shape index (κ2) is 2.99. The molecule has 1 rings (SSSR count). The quantitative estimate of drug-likeness (QED) is 0.496. The fourth-order valence-electron chi connectivity index (χ4n) is 1.01. The van der Waals surface area contributed by atoms with Crippen LogP contribution in [-0.4, -0.2) is 24.3 Å². The molecule has 1 aliphatic heterocycles. The van der Waals surface area contributed by atoms with Crippen LogP contribution in [0.5, 0.6) is 0 Å². The van der Waals surface area contributed by atoms with Gasteiger partial charge in [-0.3, -0.25) is 0 Å². The molecule has 0 aliphatic carbocycles. The van der Waals surface area contributed by atoms with Crippen LogP contribution in [0.25, 0.3) is 0 Å². The Labute approximate surface area is 55.6 Å². The van der Waals surface area contributed by atoms with Crippen molar-refractivity contribution in [2.24, 2.45) is 0 Å². The molecular formula is C7H13NO. The summed E-state index contributed by atoms with van der Waals surface area (Å²) in [5.74, 6) is 0. The van der Waals surface area contributed by atoms with Gasteiger partial charge in [0, 0.05) is 13.1 Å². The summed E-state index contributed by atoms with van der Waals surface area (Å²) in [5.41, 5.74) is 1.31. The summed E-state index contributed by atoms with van der Waals surface area (Å²) in [6.45, 7) is 3.77. The number of aliphatic hydroxyl groups excluding tert-OH is 1. The molecule has 0 bridgehead atoms. The molecule has 1 aliphatic rings. The molecule has 2 nitrogen and oxygen atoms in total. The van der Waals surface area contributed by atoms with E-state index in [9.17, 15) is 0 Å². The van der Waals surface area contributed by atoms with Gasteiger partial charge < -0.3 is 10.4 Å². The summed E-state index contributed by atoms with van der Waals surface area (Å²) in [6.07, 6.45) is 2.73. The lowest BCUT2D eigenvalue weighted by atomic mass is 10.1. The van der Waals surface area contributed by atoms with Gasteiger partial charge in [0.25, 0.3) is 0 Å². The fourth-order valence-corrected chi connectivity index (χ4v) is 1.01. The van der Waals surface area contributed by atoms with Gasteiger partial charge in [-0.05, 0) is 6.42 Å². The average molecular weight is 127 g/mol. The molecule has 0 aromatic rings. The number of aliphatic hydroxyl groups is 1. The van der Waals surface area contributed by atoms with Gasteiger partial charge in [-0.25, -0.2) is 0 Å². The zero-order valence-corrected chi connectivity index (χ0v) is 5.72. The van der Waals surface area contributed by atoms with Crippen LogP contribution in [0.1, 0.15) is 13.3 Å². The first-order chi connectivity index (χ1) is 4.33. The van der Waals surface area contributed by atoms with Crippen LogP contribution in [0, 0.1) is 0 Å². The molecule has 0 saturated carbocycles. The molecule has 0 aromatic carbocycles. The predicted octanol–water partition coefficient (Wildman–Crippen LogP) is 0.287. The molecule has 1 heterocycles. The SMILES string of the molecule is CCC1=CC(O)CNC1. The molecule has 2 heteroatoms. The Morgan fingerprint density at radius 3 is 3.11 bits per heavy atom. The summed E-state index contributed by atoms with van der Waals surface area (Å²) in [7, 11) is 0. The molecule has 0 spiro atoms. The van der Waals surface area contributed by atoms with Crippen molar-refractivity contribution in [1.82, 2.24) is 5.32 Å². The van der Waals surface area contributed by atoms with Gasteiger partial charge in [0.1, 0.15) is 0 Å². The Morgan fingerprint density at radius 1 is 1.89 bits per heavy atom. The highest BCUT2D eigenvalue weighted by atomic mass is 16.3. The first kappa shape index (κ1) is 6.78. The summed E-state index contributed by atoms with van der Waals surface area (Å²) < 4.78 is 0. The van der Waals surface area contributed by atoms with Gasteiger partial charge in [-0.2, -0.15) is 0 Å². The van der Waals surface area contributed by atoms with Crippen LogP contribution in [-0.2, 0) is 0 Å². The lowest BCUT2D eigenvalue weighted by Crippen LogP contribution is -2.32. The largest absolute Gasteiger partial charge is 0.388 e. The molecular weight excluding hydrogens is 114 g/mol. The molecule has 52 valence electrons.